The minimum atomic E-state index is -1.78. The zero-order valence-electron chi connectivity index (χ0n) is 37.2. The van der Waals surface area contributed by atoms with Crippen molar-refractivity contribution in [1.29, 1.82) is 0 Å². The summed E-state index contributed by atoms with van der Waals surface area (Å²) in [5, 5.41) is 86.5. The predicted molar refractivity (Wildman–Crippen MR) is 231 cm³/mol. The van der Waals surface area contributed by atoms with Crippen molar-refractivity contribution in [3.8, 4) is 0 Å². The molecule has 9 N–H and O–H groups in total. The van der Waals surface area contributed by atoms with E-state index in [9.17, 15) is 45.6 Å². The molecule has 4 unspecified atom stereocenters. The smallest absolute Gasteiger partial charge is 0.220 e. The Hall–Kier alpha value is -1.27. The fourth-order valence-electron chi connectivity index (χ4n) is 8.00. The summed E-state index contributed by atoms with van der Waals surface area (Å²) in [6.45, 7) is 2.77. The van der Waals surface area contributed by atoms with Crippen LogP contribution in [-0.4, -0.2) is 140 Å². The molecule has 2 aliphatic heterocycles. The Morgan fingerprint density at radius 3 is 1.53 bits per heavy atom. The van der Waals surface area contributed by atoms with E-state index >= 15 is 0 Å². The molecular weight excluding hydrogens is 774 g/mol. The van der Waals surface area contributed by atoms with Gasteiger partial charge in [0.1, 0.15) is 48.8 Å². The zero-order valence-corrected chi connectivity index (χ0v) is 37.2. The maximum atomic E-state index is 13.1. The molecule has 0 aromatic heterocycles. The van der Waals surface area contributed by atoms with Gasteiger partial charge >= 0.3 is 0 Å². The molecule has 14 heteroatoms. The molecular formula is C46H87NO13. The van der Waals surface area contributed by atoms with E-state index in [0.29, 0.717) is 6.42 Å². The summed E-state index contributed by atoms with van der Waals surface area (Å²) in [7, 11) is 0. The van der Waals surface area contributed by atoms with Gasteiger partial charge in [0.15, 0.2) is 12.6 Å². The van der Waals surface area contributed by atoms with Crippen molar-refractivity contribution >= 4 is 5.91 Å². The van der Waals surface area contributed by atoms with Crippen LogP contribution < -0.4 is 5.32 Å². The molecule has 0 spiro atoms. The van der Waals surface area contributed by atoms with Crippen molar-refractivity contribution in [2.75, 3.05) is 19.8 Å². The summed E-state index contributed by atoms with van der Waals surface area (Å²) in [5.74, 6) is -0.240. The Morgan fingerprint density at radius 2 is 1.03 bits per heavy atom. The van der Waals surface area contributed by atoms with Crippen molar-refractivity contribution in [2.45, 2.75) is 254 Å². The van der Waals surface area contributed by atoms with Crippen LogP contribution in [0.2, 0.25) is 0 Å². The Labute approximate surface area is 361 Å². The molecule has 2 fully saturated rings. The largest absolute Gasteiger partial charge is 0.394 e. The highest BCUT2D eigenvalue weighted by molar-refractivity contribution is 5.76. The molecule has 14 nitrogen and oxygen atoms in total. The first kappa shape index (κ1) is 54.9. The van der Waals surface area contributed by atoms with Crippen LogP contribution >= 0.6 is 0 Å². The lowest BCUT2D eigenvalue weighted by molar-refractivity contribution is -0.359. The lowest BCUT2D eigenvalue weighted by Crippen LogP contribution is -2.65. The number of hydrogen-bond donors (Lipinski definition) is 9. The van der Waals surface area contributed by atoms with Gasteiger partial charge in [0.2, 0.25) is 5.91 Å². The summed E-state index contributed by atoms with van der Waals surface area (Å²) in [5.41, 5.74) is 0. The van der Waals surface area contributed by atoms with Crippen molar-refractivity contribution in [3.05, 3.63) is 12.2 Å². The second-order valence-electron chi connectivity index (χ2n) is 17.2. The number of carbonyl (C=O) groups is 1. The highest BCUT2D eigenvalue weighted by Gasteiger charge is 2.51. The van der Waals surface area contributed by atoms with Crippen molar-refractivity contribution in [3.63, 3.8) is 0 Å². The van der Waals surface area contributed by atoms with E-state index in [1.54, 1.807) is 6.08 Å². The molecule has 60 heavy (non-hydrogen) atoms. The number of rotatable bonds is 36. The number of unbranched alkanes of at least 4 members (excludes halogenated alkanes) is 23. The summed E-state index contributed by atoms with van der Waals surface area (Å²) in [4.78, 5) is 13.1. The summed E-state index contributed by atoms with van der Waals surface area (Å²) in [6, 6.07) is -0.906. The second-order valence-corrected chi connectivity index (χ2v) is 17.2. The molecule has 12 atom stereocenters. The highest BCUT2D eigenvalue weighted by Crippen LogP contribution is 2.30. The van der Waals surface area contributed by atoms with E-state index in [1.165, 1.54) is 116 Å². The van der Waals surface area contributed by atoms with Crippen LogP contribution in [0.4, 0.5) is 0 Å². The maximum absolute atomic E-state index is 13.1. The number of ether oxygens (including phenoxy) is 4. The molecule has 2 saturated heterocycles. The van der Waals surface area contributed by atoms with E-state index in [2.05, 4.69) is 19.2 Å². The molecule has 0 aromatic carbocycles. The number of carbonyl (C=O) groups excluding carboxylic acids is 1. The standard InChI is InChI=1S/C46H87NO13/c1-3-5-7-9-11-13-15-17-19-21-23-25-27-29-35(50)34(47-38(51)30-28-26-24-22-20-18-16-14-12-10-8-6-4-2)33-57-45-43(56)41(54)44(37(32-49)59-45)60-46-42(55)40(53)39(52)36(31-48)58-46/h27,29,34-37,39-46,48-50,52-56H,3-26,28,30-33H2,1-2H3,(H,47,51)/b29-27+/t34-,35+,36?,37?,39-,40-,41+,42?,43?,44-,45+,46-/m0/s1. The third-order valence-corrected chi connectivity index (χ3v) is 12.0. The highest BCUT2D eigenvalue weighted by atomic mass is 16.7. The Kier molecular flexibility index (Phi) is 31.3. The summed E-state index contributed by atoms with van der Waals surface area (Å²) < 4.78 is 22.6. The topological polar surface area (TPSA) is 228 Å². The summed E-state index contributed by atoms with van der Waals surface area (Å²) >= 11 is 0. The van der Waals surface area contributed by atoms with E-state index in [1.807, 2.05) is 6.08 Å². The van der Waals surface area contributed by atoms with E-state index < -0.39 is 86.8 Å². The first-order chi connectivity index (χ1) is 29.1. The zero-order chi connectivity index (χ0) is 44.0. The lowest BCUT2D eigenvalue weighted by Gasteiger charge is -2.46. The summed E-state index contributed by atoms with van der Waals surface area (Å²) in [6.07, 6.45) is 16.8. The van der Waals surface area contributed by atoms with Gasteiger partial charge in [-0.25, -0.2) is 0 Å². The number of aliphatic hydroxyl groups excluding tert-OH is 8. The van der Waals surface area contributed by atoms with Gasteiger partial charge in [0.05, 0.1) is 32.0 Å². The minimum Gasteiger partial charge on any atom is -0.394 e. The van der Waals surface area contributed by atoms with E-state index in [-0.39, 0.29) is 18.9 Å². The van der Waals surface area contributed by atoms with Crippen molar-refractivity contribution in [1.82, 2.24) is 5.32 Å². The predicted octanol–water partition coefficient (Wildman–Crippen LogP) is 5.21. The molecule has 0 aromatic rings. The van der Waals surface area contributed by atoms with E-state index in [0.717, 1.165) is 38.5 Å². The molecule has 2 heterocycles. The van der Waals surface area contributed by atoms with Gasteiger partial charge in [-0.05, 0) is 19.3 Å². The second kappa shape index (κ2) is 34.2. The fourth-order valence-corrected chi connectivity index (χ4v) is 8.00. The van der Waals surface area contributed by atoms with Gasteiger partial charge in [0.25, 0.3) is 0 Å². The van der Waals surface area contributed by atoms with Gasteiger partial charge in [-0.3, -0.25) is 4.79 Å². The molecule has 0 radical (unpaired) electrons. The van der Waals surface area contributed by atoms with Crippen LogP contribution in [-0.2, 0) is 23.7 Å². The average molecular weight is 862 g/mol. The van der Waals surface area contributed by atoms with Gasteiger partial charge in [-0.1, -0.05) is 167 Å². The number of amides is 1. The Bertz CT molecular complexity index is 1070. The van der Waals surface area contributed by atoms with Crippen LogP contribution in [0.1, 0.15) is 181 Å². The van der Waals surface area contributed by atoms with Crippen LogP contribution in [0.5, 0.6) is 0 Å². The van der Waals surface area contributed by atoms with Crippen LogP contribution in [0.3, 0.4) is 0 Å². The van der Waals surface area contributed by atoms with Crippen LogP contribution in [0.15, 0.2) is 12.2 Å². The number of allylic oxidation sites excluding steroid dienone is 1. The average Bonchev–Trinajstić information content (AvgIpc) is 3.24. The molecule has 0 saturated carbocycles. The van der Waals surface area contributed by atoms with Crippen molar-refractivity contribution < 1.29 is 64.6 Å². The third-order valence-electron chi connectivity index (χ3n) is 12.0. The number of aliphatic hydroxyl groups is 8. The number of nitrogens with one attached hydrogen (secondary N) is 1. The van der Waals surface area contributed by atoms with E-state index in [4.69, 9.17) is 18.9 Å². The first-order valence-corrected chi connectivity index (χ1v) is 23.9. The van der Waals surface area contributed by atoms with Gasteiger partial charge in [0, 0.05) is 6.42 Å². The van der Waals surface area contributed by atoms with Crippen LogP contribution in [0.25, 0.3) is 0 Å². The number of hydrogen-bond acceptors (Lipinski definition) is 13. The minimum absolute atomic E-state index is 0.240. The van der Waals surface area contributed by atoms with Crippen LogP contribution in [0, 0.1) is 0 Å². The molecule has 2 aliphatic rings. The quantitative estimate of drug-likeness (QED) is 0.0292. The molecule has 1 amide bonds. The van der Waals surface area contributed by atoms with Crippen molar-refractivity contribution in [2.24, 2.45) is 0 Å². The fraction of sp³-hybridized carbons (Fsp3) is 0.935. The van der Waals surface area contributed by atoms with Gasteiger partial charge in [-0.2, -0.15) is 0 Å². The Balaban J connectivity index is 1.89. The molecule has 0 bridgehead atoms. The first-order valence-electron chi connectivity index (χ1n) is 23.9. The maximum Gasteiger partial charge on any atom is 0.220 e. The third kappa shape index (κ3) is 21.9. The normalized spacial score (nSPS) is 28.3. The van der Waals surface area contributed by atoms with Gasteiger partial charge < -0.3 is 65.1 Å². The molecule has 2 rings (SSSR count). The molecule has 0 aliphatic carbocycles. The monoisotopic (exact) mass is 862 g/mol. The van der Waals surface area contributed by atoms with Gasteiger partial charge in [-0.15, -0.1) is 0 Å². The molecule has 354 valence electrons. The lowest BCUT2D eigenvalue weighted by atomic mass is 9.97. The SMILES string of the molecule is CCCCCCCCCCCCC/C=C/[C@@H](O)[C@H](CO[C@@H]1OC(CO)[C@H](O[C@@H]2OC(CO)[C@H](O)[C@H](O)C2O)[C@H](O)C1O)NC(=O)CCCCCCCCCCCCCCC. The Morgan fingerprint density at radius 1 is 0.583 bits per heavy atom.